The van der Waals surface area contributed by atoms with Crippen molar-refractivity contribution in [2.24, 2.45) is 0 Å². The van der Waals surface area contributed by atoms with Gasteiger partial charge in [-0.1, -0.05) is 24.3 Å². The number of hydrogen-bond acceptors (Lipinski definition) is 5. The highest BCUT2D eigenvalue weighted by Gasteiger charge is 2.29. The summed E-state index contributed by atoms with van der Waals surface area (Å²) >= 11 is 0. The largest absolute Gasteiger partial charge is 0.444 e. The second kappa shape index (κ2) is 7.96. The van der Waals surface area contributed by atoms with E-state index in [1.54, 1.807) is 6.20 Å². The topological polar surface area (TPSA) is 86.5 Å². The average Bonchev–Trinajstić information content (AvgIpc) is 2.59. The summed E-state index contributed by atoms with van der Waals surface area (Å²) in [5, 5.41) is 2.99. The lowest BCUT2D eigenvalue weighted by Gasteiger charge is -2.32. The van der Waals surface area contributed by atoms with Gasteiger partial charge in [0, 0.05) is 6.20 Å². The van der Waals surface area contributed by atoms with E-state index >= 15 is 0 Å². The Bertz CT molecular complexity index is 801. The molecule has 2 atom stereocenters. The van der Waals surface area contributed by atoms with Gasteiger partial charge in [-0.15, -0.1) is 0 Å². The van der Waals surface area contributed by atoms with Gasteiger partial charge in [0.2, 0.25) is 0 Å². The van der Waals surface area contributed by atoms with Crippen LogP contribution in [0.5, 0.6) is 0 Å². The molecule has 1 aromatic heterocycles. The standard InChI is InChI=1S/C21H27N3O3/c1-21(2,3)27-20(25)24-17-8-9-18(16-7-5-4-6-15(16)17)26-13-14-10-11-23-19(22)12-14/h4-7,10-12,17-18H,8-9,13H2,1-3H3,(H2,22,23)(H,24,25)/t17-,18+/m0/s1. The van der Waals surface area contributed by atoms with Gasteiger partial charge in [-0.05, 0) is 62.4 Å². The summed E-state index contributed by atoms with van der Waals surface area (Å²) in [6, 6.07) is 11.7. The zero-order valence-electron chi connectivity index (χ0n) is 16.1. The summed E-state index contributed by atoms with van der Waals surface area (Å²) in [6.07, 6.45) is 2.88. The van der Waals surface area contributed by atoms with Gasteiger partial charge in [-0.2, -0.15) is 0 Å². The number of fused-ring (bicyclic) bond motifs is 1. The van der Waals surface area contributed by atoms with Crippen molar-refractivity contribution < 1.29 is 14.3 Å². The molecule has 0 unspecified atom stereocenters. The van der Waals surface area contributed by atoms with Crippen molar-refractivity contribution in [3.8, 4) is 0 Å². The Morgan fingerprint density at radius 2 is 1.96 bits per heavy atom. The second-order valence-corrected chi connectivity index (χ2v) is 7.79. The zero-order valence-corrected chi connectivity index (χ0v) is 16.1. The first-order chi connectivity index (χ1) is 12.8. The lowest BCUT2D eigenvalue weighted by atomic mass is 9.85. The van der Waals surface area contributed by atoms with Gasteiger partial charge in [-0.25, -0.2) is 9.78 Å². The average molecular weight is 369 g/mol. The number of ether oxygens (including phenoxy) is 2. The first-order valence-electron chi connectivity index (χ1n) is 9.22. The van der Waals surface area contributed by atoms with E-state index in [1.807, 2.05) is 51.1 Å². The Labute approximate surface area is 160 Å². The molecule has 6 heteroatoms. The molecule has 1 aliphatic rings. The Kier molecular flexibility index (Phi) is 5.65. The van der Waals surface area contributed by atoms with Crippen LogP contribution in [0, 0.1) is 0 Å². The van der Waals surface area contributed by atoms with Crippen LogP contribution in [-0.4, -0.2) is 16.7 Å². The second-order valence-electron chi connectivity index (χ2n) is 7.79. The highest BCUT2D eigenvalue weighted by molar-refractivity contribution is 5.68. The van der Waals surface area contributed by atoms with Crippen LogP contribution in [0.15, 0.2) is 42.6 Å². The lowest BCUT2D eigenvalue weighted by molar-refractivity contribution is 0.0216. The molecule has 27 heavy (non-hydrogen) atoms. The number of rotatable bonds is 4. The van der Waals surface area contributed by atoms with E-state index in [0.29, 0.717) is 12.4 Å². The van der Waals surface area contributed by atoms with Crippen LogP contribution in [0.1, 0.15) is 62.4 Å². The molecule has 0 radical (unpaired) electrons. The molecule has 0 spiro atoms. The maximum absolute atomic E-state index is 12.2. The number of nitrogens with one attached hydrogen (secondary N) is 1. The third-order valence-electron chi connectivity index (χ3n) is 4.42. The molecule has 0 saturated carbocycles. The fourth-order valence-corrected chi connectivity index (χ4v) is 3.30. The molecule has 0 aliphatic heterocycles. The minimum Gasteiger partial charge on any atom is -0.444 e. The molecule has 2 aromatic rings. The third kappa shape index (κ3) is 5.20. The number of carbonyl (C=O) groups is 1. The number of hydrogen-bond donors (Lipinski definition) is 2. The Morgan fingerprint density at radius 1 is 1.22 bits per heavy atom. The van der Waals surface area contributed by atoms with E-state index in [2.05, 4.69) is 16.4 Å². The monoisotopic (exact) mass is 369 g/mol. The first-order valence-corrected chi connectivity index (χ1v) is 9.22. The van der Waals surface area contributed by atoms with Crippen LogP contribution >= 0.6 is 0 Å². The Balaban J connectivity index is 1.69. The molecular formula is C21H27N3O3. The molecule has 0 saturated heterocycles. The van der Waals surface area contributed by atoms with Crippen LogP contribution in [0.3, 0.4) is 0 Å². The number of nitrogens with zero attached hydrogens (tertiary/aromatic N) is 1. The molecule has 1 amide bonds. The molecular weight excluding hydrogens is 342 g/mol. The number of benzene rings is 1. The van der Waals surface area contributed by atoms with E-state index in [0.717, 1.165) is 29.5 Å². The number of aromatic nitrogens is 1. The summed E-state index contributed by atoms with van der Waals surface area (Å²) in [7, 11) is 0. The van der Waals surface area contributed by atoms with Gasteiger partial charge in [0.05, 0.1) is 18.8 Å². The van der Waals surface area contributed by atoms with Crippen molar-refractivity contribution in [1.82, 2.24) is 10.3 Å². The predicted molar refractivity (Wildman–Crippen MR) is 104 cm³/mol. The fraction of sp³-hybridized carbons (Fsp3) is 0.429. The molecule has 1 aliphatic carbocycles. The van der Waals surface area contributed by atoms with Gasteiger partial charge < -0.3 is 20.5 Å². The molecule has 0 bridgehead atoms. The van der Waals surface area contributed by atoms with E-state index in [-0.39, 0.29) is 12.1 Å². The molecule has 3 rings (SSSR count). The summed E-state index contributed by atoms with van der Waals surface area (Å²) in [4.78, 5) is 16.2. The van der Waals surface area contributed by atoms with Gasteiger partial charge >= 0.3 is 6.09 Å². The third-order valence-corrected chi connectivity index (χ3v) is 4.42. The number of pyridine rings is 1. The number of alkyl carbamates (subject to hydrolysis) is 1. The van der Waals surface area contributed by atoms with Crippen LogP contribution in [0.25, 0.3) is 0 Å². The SMILES string of the molecule is CC(C)(C)OC(=O)N[C@H]1CC[C@@H](OCc2ccnc(N)c2)c2ccccc21. The van der Waals surface area contributed by atoms with Crippen molar-refractivity contribution in [3.63, 3.8) is 0 Å². The van der Waals surface area contributed by atoms with E-state index in [1.165, 1.54) is 0 Å². The van der Waals surface area contributed by atoms with E-state index in [4.69, 9.17) is 15.2 Å². The van der Waals surface area contributed by atoms with E-state index < -0.39 is 11.7 Å². The van der Waals surface area contributed by atoms with Crippen LogP contribution in [0.2, 0.25) is 0 Å². The van der Waals surface area contributed by atoms with Crippen molar-refractivity contribution in [1.29, 1.82) is 0 Å². The maximum atomic E-state index is 12.2. The number of carbonyl (C=O) groups excluding carboxylic acids is 1. The number of anilines is 1. The Hall–Kier alpha value is -2.60. The minimum absolute atomic E-state index is 0.0210. The zero-order chi connectivity index (χ0) is 19.4. The number of amides is 1. The van der Waals surface area contributed by atoms with Crippen LogP contribution in [0.4, 0.5) is 10.6 Å². The number of nitrogen functional groups attached to an aromatic ring is 1. The van der Waals surface area contributed by atoms with Crippen LogP contribution in [-0.2, 0) is 16.1 Å². The predicted octanol–water partition coefficient (Wildman–Crippen LogP) is 4.28. The van der Waals surface area contributed by atoms with Crippen molar-refractivity contribution in [3.05, 3.63) is 59.3 Å². The molecule has 3 N–H and O–H groups in total. The highest BCUT2D eigenvalue weighted by Crippen LogP contribution is 2.38. The van der Waals surface area contributed by atoms with Crippen molar-refractivity contribution >= 4 is 11.9 Å². The highest BCUT2D eigenvalue weighted by atomic mass is 16.6. The molecule has 0 fully saturated rings. The van der Waals surface area contributed by atoms with E-state index in [9.17, 15) is 4.79 Å². The van der Waals surface area contributed by atoms with Crippen molar-refractivity contribution in [2.75, 3.05) is 5.73 Å². The fourth-order valence-electron chi connectivity index (χ4n) is 3.30. The molecule has 1 heterocycles. The summed E-state index contributed by atoms with van der Waals surface area (Å²) in [5.74, 6) is 0.488. The quantitative estimate of drug-likeness (QED) is 0.840. The molecule has 1 aromatic carbocycles. The summed E-state index contributed by atoms with van der Waals surface area (Å²) in [5.41, 5.74) is 8.39. The smallest absolute Gasteiger partial charge is 0.408 e. The van der Waals surface area contributed by atoms with Gasteiger partial charge in [0.25, 0.3) is 0 Å². The summed E-state index contributed by atoms with van der Waals surface area (Å²) < 4.78 is 11.6. The van der Waals surface area contributed by atoms with Gasteiger partial charge in [0.1, 0.15) is 11.4 Å². The van der Waals surface area contributed by atoms with Gasteiger partial charge in [0.15, 0.2) is 0 Å². The lowest BCUT2D eigenvalue weighted by Crippen LogP contribution is -2.36. The Morgan fingerprint density at radius 3 is 2.67 bits per heavy atom. The van der Waals surface area contributed by atoms with Crippen LogP contribution < -0.4 is 11.1 Å². The normalized spacial score (nSPS) is 19.2. The maximum Gasteiger partial charge on any atom is 0.408 e. The van der Waals surface area contributed by atoms with Gasteiger partial charge in [-0.3, -0.25) is 0 Å². The molecule has 6 nitrogen and oxygen atoms in total. The first kappa shape index (κ1) is 19.2. The molecule has 144 valence electrons. The number of nitrogens with two attached hydrogens (primary N) is 1. The summed E-state index contributed by atoms with van der Waals surface area (Å²) in [6.45, 7) is 6.04. The minimum atomic E-state index is -0.518. The van der Waals surface area contributed by atoms with Crippen molar-refractivity contribution in [2.45, 2.75) is 58.0 Å².